The van der Waals surface area contributed by atoms with Crippen molar-refractivity contribution in [3.05, 3.63) is 36.2 Å². The summed E-state index contributed by atoms with van der Waals surface area (Å²) in [5.41, 5.74) is 1.40. The van der Waals surface area contributed by atoms with Crippen molar-refractivity contribution in [1.29, 1.82) is 5.26 Å². The Morgan fingerprint density at radius 3 is 2.21 bits per heavy atom. The smallest absolute Gasteiger partial charge is 0.192 e. The predicted octanol–water partition coefficient (Wildman–Crippen LogP) is 0.805. The second-order valence-electron chi connectivity index (χ2n) is 2.56. The van der Waals surface area contributed by atoms with E-state index in [1.165, 1.54) is 6.33 Å². The molecule has 14 heavy (non-hydrogen) atoms. The molecule has 0 unspecified atom stereocenters. The Hall–Kier alpha value is -2.35. The minimum atomic E-state index is 0.456. The van der Waals surface area contributed by atoms with Gasteiger partial charge in [-0.05, 0) is 24.3 Å². The highest BCUT2D eigenvalue weighted by atomic mass is 15.3. The van der Waals surface area contributed by atoms with E-state index >= 15 is 0 Å². The van der Waals surface area contributed by atoms with Gasteiger partial charge in [0.2, 0.25) is 5.82 Å². The summed E-state index contributed by atoms with van der Waals surface area (Å²) in [7, 11) is 0. The highest BCUT2D eigenvalue weighted by Gasteiger charge is 2.00. The SMILES string of the molecule is N#Cc1ccc(-c2nncnn2)cc1. The highest BCUT2D eigenvalue weighted by Crippen LogP contribution is 2.12. The van der Waals surface area contributed by atoms with Gasteiger partial charge in [-0.15, -0.1) is 20.4 Å². The van der Waals surface area contributed by atoms with Gasteiger partial charge in [-0.1, -0.05) is 0 Å². The molecule has 0 radical (unpaired) electrons. The van der Waals surface area contributed by atoms with E-state index in [0.29, 0.717) is 11.4 Å². The standard InChI is InChI=1S/C9H5N5/c10-5-7-1-3-8(4-2-7)9-13-11-6-12-14-9/h1-4,6H. The minimum absolute atomic E-state index is 0.456. The molecule has 0 spiro atoms. The molecule has 0 aliphatic carbocycles. The van der Waals surface area contributed by atoms with Crippen LogP contribution in [0.5, 0.6) is 0 Å². The lowest BCUT2D eigenvalue weighted by Gasteiger charge is -1.95. The minimum Gasteiger partial charge on any atom is -0.192 e. The van der Waals surface area contributed by atoms with Gasteiger partial charge in [-0.3, -0.25) is 0 Å². The molecule has 1 heterocycles. The molecule has 0 atom stereocenters. The monoisotopic (exact) mass is 183 g/mol. The molecule has 0 fully saturated rings. The zero-order valence-electron chi connectivity index (χ0n) is 7.12. The van der Waals surface area contributed by atoms with Crippen molar-refractivity contribution in [2.45, 2.75) is 0 Å². The van der Waals surface area contributed by atoms with Crippen LogP contribution in [0.15, 0.2) is 30.6 Å². The Balaban J connectivity index is 2.40. The normalized spacial score (nSPS) is 9.36. The maximum Gasteiger partial charge on any atom is 0.203 e. The molecule has 0 aliphatic heterocycles. The van der Waals surface area contributed by atoms with Crippen LogP contribution in [-0.4, -0.2) is 20.4 Å². The number of nitrogens with zero attached hydrogens (tertiary/aromatic N) is 5. The summed E-state index contributed by atoms with van der Waals surface area (Å²) in [6.45, 7) is 0. The van der Waals surface area contributed by atoms with Crippen LogP contribution >= 0.6 is 0 Å². The van der Waals surface area contributed by atoms with E-state index in [9.17, 15) is 0 Å². The molecule has 1 aromatic heterocycles. The Kier molecular flexibility index (Phi) is 2.11. The van der Waals surface area contributed by atoms with Gasteiger partial charge in [0, 0.05) is 5.56 Å². The first-order valence-corrected chi connectivity index (χ1v) is 3.91. The zero-order valence-corrected chi connectivity index (χ0v) is 7.12. The van der Waals surface area contributed by atoms with Crippen LogP contribution in [0.3, 0.4) is 0 Å². The molecule has 0 amide bonds. The van der Waals surface area contributed by atoms with E-state index in [1.807, 2.05) is 6.07 Å². The third-order valence-corrected chi connectivity index (χ3v) is 1.68. The fraction of sp³-hybridized carbons (Fsp3) is 0. The average Bonchev–Trinajstić information content (AvgIpc) is 2.30. The molecule has 2 aromatic rings. The Labute approximate surface area is 80.1 Å². The molecular formula is C9H5N5. The number of benzene rings is 1. The lowest BCUT2D eigenvalue weighted by molar-refractivity contribution is 0.864. The van der Waals surface area contributed by atoms with E-state index in [0.717, 1.165) is 5.56 Å². The molecule has 0 saturated carbocycles. The van der Waals surface area contributed by atoms with E-state index in [1.54, 1.807) is 24.3 Å². The Morgan fingerprint density at radius 1 is 1.00 bits per heavy atom. The summed E-state index contributed by atoms with van der Waals surface area (Å²) in [6, 6.07) is 8.96. The number of aromatic nitrogens is 4. The van der Waals surface area contributed by atoms with Crippen molar-refractivity contribution in [2.24, 2.45) is 0 Å². The van der Waals surface area contributed by atoms with Gasteiger partial charge in [0.05, 0.1) is 11.6 Å². The molecule has 2 rings (SSSR count). The van der Waals surface area contributed by atoms with Gasteiger partial charge in [0.15, 0.2) is 6.33 Å². The third-order valence-electron chi connectivity index (χ3n) is 1.68. The first-order valence-electron chi connectivity index (χ1n) is 3.91. The maximum atomic E-state index is 8.59. The molecule has 5 heteroatoms. The summed E-state index contributed by atoms with van der Waals surface area (Å²) >= 11 is 0. The van der Waals surface area contributed by atoms with Crippen LogP contribution < -0.4 is 0 Å². The molecule has 0 saturated heterocycles. The largest absolute Gasteiger partial charge is 0.203 e. The summed E-state index contributed by atoms with van der Waals surface area (Å²) in [5, 5.41) is 23.4. The second-order valence-corrected chi connectivity index (χ2v) is 2.56. The van der Waals surface area contributed by atoms with Gasteiger partial charge in [0.25, 0.3) is 0 Å². The lowest BCUT2D eigenvalue weighted by Crippen LogP contribution is -1.93. The maximum absolute atomic E-state index is 8.59. The molecule has 0 bridgehead atoms. The number of nitriles is 1. The molecular weight excluding hydrogens is 178 g/mol. The summed E-state index contributed by atoms with van der Waals surface area (Å²) in [4.78, 5) is 0. The average molecular weight is 183 g/mol. The quantitative estimate of drug-likeness (QED) is 0.653. The van der Waals surface area contributed by atoms with Crippen LogP contribution in [-0.2, 0) is 0 Å². The summed E-state index contributed by atoms with van der Waals surface area (Å²) < 4.78 is 0. The van der Waals surface area contributed by atoms with E-state index in [2.05, 4.69) is 20.4 Å². The highest BCUT2D eigenvalue weighted by molar-refractivity contribution is 5.55. The van der Waals surface area contributed by atoms with Crippen LogP contribution in [0.4, 0.5) is 0 Å². The van der Waals surface area contributed by atoms with Crippen molar-refractivity contribution in [3.63, 3.8) is 0 Å². The third kappa shape index (κ3) is 1.54. The fourth-order valence-electron chi connectivity index (χ4n) is 1.01. The lowest BCUT2D eigenvalue weighted by atomic mass is 10.1. The van der Waals surface area contributed by atoms with E-state index < -0.39 is 0 Å². The van der Waals surface area contributed by atoms with E-state index in [4.69, 9.17) is 5.26 Å². The van der Waals surface area contributed by atoms with E-state index in [-0.39, 0.29) is 0 Å². The van der Waals surface area contributed by atoms with Crippen LogP contribution in [0.2, 0.25) is 0 Å². The number of rotatable bonds is 1. The second kappa shape index (κ2) is 3.58. The summed E-state index contributed by atoms with van der Waals surface area (Å²) in [6.07, 6.45) is 1.27. The van der Waals surface area contributed by atoms with Gasteiger partial charge in [0.1, 0.15) is 0 Å². The van der Waals surface area contributed by atoms with Crippen molar-refractivity contribution in [2.75, 3.05) is 0 Å². The van der Waals surface area contributed by atoms with Crippen LogP contribution in [0.25, 0.3) is 11.4 Å². The van der Waals surface area contributed by atoms with Crippen LogP contribution in [0.1, 0.15) is 5.56 Å². The Morgan fingerprint density at radius 2 is 1.64 bits per heavy atom. The molecule has 0 aliphatic rings. The van der Waals surface area contributed by atoms with Gasteiger partial charge in [-0.2, -0.15) is 5.26 Å². The van der Waals surface area contributed by atoms with Gasteiger partial charge >= 0.3 is 0 Å². The number of hydrogen-bond acceptors (Lipinski definition) is 5. The first-order chi connectivity index (χ1) is 6.90. The van der Waals surface area contributed by atoms with Crippen molar-refractivity contribution < 1.29 is 0 Å². The summed E-state index contributed by atoms with van der Waals surface area (Å²) in [5.74, 6) is 0.456. The molecule has 1 aromatic carbocycles. The fourth-order valence-corrected chi connectivity index (χ4v) is 1.01. The molecule has 5 nitrogen and oxygen atoms in total. The zero-order chi connectivity index (χ0) is 9.80. The first kappa shape index (κ1) is 8.26. The Bertz CT molecular complexity index is 457. The number of hydrogen-bond donors (Lipinski definition) is 0. The van der Waals surface area contributed by atoms with Crippen molar-refractivity contribution >= 4 is 0 Å². The van der Waals surface area contributed by atoms with Crippen molar-refractivity contribution in [1.82, 2.24) is 20.4 Å². The van der Waals surface area contributed by atoms with Crippen LogP contribution in [0, 0.1) is 11.3 Å². The van der Waals surface area contributed by atoms with Gasteiger partial charge < -0.3 is 0 Å². The van der Waals surface area contributed by atoms with Gasteiger partial charge in [-0.25, -0.2) is 0 Å². The molecule has 66 valence electrons. The van der Waals surface area contributed by atoms with Crippen molar-refractivity contribution in [3.8, 4) is 17.5 Å². The topological polar surface area (TPSA) is 75.3 Å². The molecule has 0 N–H and O–H groups in total. The predicted molar refractivity (Wildman–Crippen MR) is 47.8 cm³/mol.